The lowest BCUT2D eigenvalue weighted by atomic mass is 10.1. The molecule has 2 rings (SSSR count). The Morgan fingerprint density at radius 2 is 2.12 bits per heavy atom. The van der Waals surface area contributed by atoms with E-state index in [-0.39, 0.29) is 0 Å². The van der Waals surface area contributed by atoms with E-state index >= 15 is 0 Å². The summed E-state index contributed by atoms with van der Waals surface area (Å²) < 4.78 is 0. The maximum Gasteiger partial charge on any atom is 0.133 e. The summed E-state index contributed by atoms with van der Waals surface area (Å²) in [6.07, 6.45) is 3.82. The van der Waals surface area contributed by atoms with Crippen LogP contribution in [0.1, 0.15) is 12.5 Å². The predicted molar refractivity (Wildman–Crippen MR) is 70.1 cm³/mol. The van der Waals surface area contributed by atoms with Crippen LogP contribution in [0.15, 0.2) is 35.3 Å². The molecule has 0 aliphatic rings. The third kappa shape index (κ3) is 1.56. The zero-order chi connectivity index (χ0) is 11.5. The van der Waals surface area contributed by atoms with Crippen LogP contribution in [0.2, 0.25) is 0 Å². The van der Waals surface area contributed by atoms with Crippen molar-refractivity contribution in [1.29, 1.82) is 0 Å². The zero-order valence-electron chi connectivity index (χ0n) is 9.14. The van der Waals surface area contributed by atoms with Crippen molar-refractivity contribution in [3.63, 3.8) is 0 Å². The fourth-order valence-electron chi connectivity index (χ4n) is 1.73. The minimum atomic E-state index is 0.485. The monoisotopic (exact) mass is 211 g/mol. The normalized spacial score (nSPS) is 11.1. The van der Waals surface area contributed by atoms with E-state index in [1.807, 2.05) is 43.3 Å². The molecule has 80 valence electrons. The number of hydrogen-bond donors (Lipinski definition) is 1. The molecule has 2 aromatic rings. The van der Waals surface area contributed by atoms with E-state index < -0.39 is 0 Å². The van der Waals surface area contributed by atoms with Crippen molar-refractivity contribution < 1.29 is 0 Å². The van der Waals surface area contributed by atoms with Crippen molar-refractivity contribution in [2.24, 2.45) is 4.99 Å². The van der Waals surface area contributed by atoms with Gasteiger partial charge in [0, 0.05) is 10.9 Å². The molecule has 2 N–H and O–H groups in total. The van der Waals surface area contributed by atoms with Crippen LogP contribution >= 0.6 is 0 Å². The van der Waals surface area contributed by atoms with Gasteiger partial charge in [0.1, 0.15) is 5.82 Å². The molecule has 0 aliphatic heterocycles. The van der Waals surface area contributed by atoms with Crippen LogP contribution < -0.4 is 5.73 Å². The van der Waals surface area contributed by atoms with Gasteiger partial charge in [-0.15, -0.1) is 0 Å². The van der Waals surface area contributed by atoms with E-state index in [1.165, 1.54) is 0 Å². The van der Waals surface area contributed by atoms with Crippen molar-refractivity contribution in [2.45, 2.75) is 6.92 Å². The van der Waals surface area contributed by atoms with Gasteiger partial charge in [0.2, 0.25) is 0 Å². The van der Waals surface area contributed by atoms with E-state index in [4.69, 9.17) is 5.73 Å². The van der Waals surface area contributed by atoms with Crippen molar-refractivity contribution >= 4 is 35.2 Å². The highest BCUT2D eigenvalue weighted by molar-refractivity contribution is 5.97. The van der Waals surface area contributed by atoms with Gasteiger partial charge in [-0.25, -0.2) is 4.98 Å². The zero-order valence-corrected chi connectivity index (χ0v) is 9.14. The molecule has 0 atom stereocenters. The number of rotatable bonds is 2. The largest absolute Gasteiger partial charge is 0.383 e. The summed E-state index contributed by atoms with van der Waals surface area (Å²) in [6.45, 7) is 5.53. The van der Waals surface area contributed by atoms with Gasteiger partial charge in [0.15, 0.2) is 0 Å². The molecule has 1 heterocycles. The van der Waals surface area contributed by atoms with Crippen LogP contribution in [0, 0.1) is 0 Å². The van der Waals surface area contributed by atoms with Crippen LogP contribution in [-0.4, -0.2) is 11.7 Å². The summed E-state index contributed by atoms with van der Waals surface area (Å²) >= 11 is 0. The molecule has 1 aromatic heterocycles. The lowest BCUT2D eigenvalue weighted by Gasteiger charge is -2.08. The average Bonchev–Trinajstić information content (AvgIpc) is 2.30. The van der Waals surface area contributed by atoms with Crippen molar-refractivity contribution in [1.82, 2.24) is 4.98 Å². The van der Waals surface area contributed by atoms with Gasteiger partial charge in [-0.05, 0) is 19.7 Å². The van der Waals surface area contributed by atoms with Crippen LogP contribution in [-0.2, 0) is 0 Å². The van der Waals surface area contributed by atoms with E-state index in [1.54, 1.807) is 0 Å². The first-order valence-corrected chi connectivity index (χ1v) is 5.05. The molecule has 16 heavy (non-hydrogen) atoms. The highest BCUT2D eigenvalue weighted by atomic mass is 14.9. The third-order valence-electron chi connectivity index (χ3n) is 2.42. The minimum absolute atomic E-state index is 0.485. The second-order valence-electron chi connectivity index (χ2n) is 3.43. The second-order valence-corrected chi connectivity index (χ2v) is 3.43. The number of allylic oxidation sites excluding steroid dienone is 1. The average molecular weight is 211 g/mol. The molecule has 0 radical (unpaired) electrons. The highest BCUT2D eigenvalue weighted by Gasteiger charge is 2.08. The number of hydrogen-bond acceptors (Lipinski definition) is 3. The number of benzene rings is 1. The molecule has 0 amide bonds. The Kier molecular flexibility index (Phi) is 2.68. The lowest BCUT2D eigenvalue weighted by Crippen LogP contribution is -1.95. The molecular weight excluding hydrogens is 198 g/mol. The second kappa shape index (κ2) is 4.14. The molecule has 0 bridgehead atoms. The van der Waals surface area contributed by atoms with Crippen molar-refractivity contribution in [3.05, 3.63) is 35.9 Å². The van der Waals surface area contributed by atoms with Crippen molar-refractivity contribution in [2.75, 3.05) is 5.73 Å². The Bertz CT molecular complexity index is 571. The number of nitrogens with zero attached hydrogens (tertiary/aromatic N) is 2. The number of nitrogens with two attached hydrogens (primary N) is 1. The maximum absolute atomic E-state index is 5.90. The van der Waals surface area contributed by atoms with Crippen LogP contribution in [0.25, 0.3) is 17.0 Å². The standard InChI is InChI=1S/C13H13N3/c1-3-6-10-12(15-2)9-7-4-5-8-11(9)16-13(10)14/h3-8H,2H2,1H3,(H2,14,16)/b6-3-. The van der Waals surface area contributed by atoms with Gasteiger partial charge in [-0.3, -0.25) is 4.99 Å². The number of para-hydroxylation sites is 1. The third-order valence-corrected chi connectivity index (χ3v) is 2.42. The molecule has 0 saturated heterocycles. The first-order valence-electron chi connectivity index (χ1n) is 5.05. The summed E-state index contributed by atoms with van der Waals surface area (Å²) in [7, 11) is 0. The summed E-state index contributed by atoms with van der Waals surface area (Å²) in [4.78, 5) is 8.40. The molecular formula is C13H13N3. The van der Waals surface area contributed by atoms with Crippen molar-refractivity contribution in [3.8, 4) is 0 Å². The Morgan fingerprint density at radius 1 is 1.38 bits per heavy atom. The van der Waals surface area contributed by atoms with E-state index in [0.29, 0.717) is 5.82 Å². The van der Waals surface area contributed by atoms with Crippen LogP contribution in [0.4, 0.5) is 11.5 Å². The van der Waals surface area contributed by atoms with Crippen LogP contribution in [0.5, 0.6) is 0 Å². The summed E-state index contributed by atoms with van der Waals surface area (Å²) in [5.41, 5.74) is 8.36. The van der Waals surface area contributed by atoms with E-state index in [0.717, 1.165) is 22.2 Å². The summed E-state index contributed by atoms with van der Waals surface area (Å²) in [5.74, 6) is 0.485. The SMILES string of the molecule is C=Nc1c(/C=C\C)c(N)nc2ccccc12. The van der Waals surface area contributed by atoms with E-state index in [2.05, 4.69) is 16.7 Å². The summed E-state index contributed by atoms with van der Waals surface area (Å²) in [5, 5.41) is 0.972. The number of aliphatic imine (C=N–C) groups is 1. The number of aromatic nitrogens is 1. The molecule has 0 fully saturated rings. The first kappa shape index (κ1) is 10.4. The Hall–Kier alpha value is -2.16. The number of fused-ring (bicyclic) bond motifs is 1. The fourth-order valence-corrected chi connectivity index (χ4v) is 1.73. The minimum Gasteiger partial charge on any atom is -0.383 e. The first-order chi connectivity index (χ1) is 7.77. The molecule has 0 unspecified atom stereocenters. The van der Waals surface area contributed by atoms with Gasteiger partial charge < -0.3 is 5.73 Å². The topological polar surface area (TPSA) is 51.3 Å². The predicted octanol–water partition coefficient (Wildman–Crippen LogP) is 3.18. The Balaban J connectivity index is 2.90. The number of pyridine rings is 1. The van der Waals surface area contributed by atoms with Gasteiger partial charge in [-0.2, -0.15) is 0 Å². The quantitative estimate of drug-likeness (QED) is 0.775. The smallest absolute Gasteiger partial charge is 0.133 e. The lowest BCUT2D eigenvalue weighted by molar-refractivity contribution is 1.38. The summed E-state index contributed by atoms with van der Waals surface area (Å²) in [6, 6.07) is 7.77. The fraction of sp³-hybridized carbons (Fsp3) is 0.0769. The molecule has 0 spiro atoms. The highest BCUT2D eigenvalue weighted by Crippen LogP contribution is 2.32. The molecule has 0 aliphatic carbocycles. The van der Waals surface area contributed by atoms with Crippen LogP contribution in [0.3, 0.4) is 0 Å². The van der Waals surface area contributed by atoms with Gasteiger partial charge >= 0.3 is 0 Å². The molecule has 0 saturated carbocycles. The van der Waals surface area contributed by atoms with E-state index in [9.17, 15) is 0 Å². The van der Waals surface area contributed by atoms with Gasteiger partial charge in [0.05, 0.1) is 11.2 Å². The molecule has 1 aromatic carbocycles. The Labute approximate surface area is 94.3 Å². The van der Waals surface area contributed by atoms with Gasteiger partial charge in [0.25, 0.3) is 0 Å². The Morgan fingerprint density at radius 3 is 2.81 bits per heavy atom. The molecule has 3 heteroatoms. The molecule has 3 nitrogen and oxygen atoms in total. The number of anilines is 1. The number of nitrogen functional groups attached to an aromatic ring is 1. The van der Waals surface area contributed by atoms with Gasteiger partial charge in [-0.1, -0.05) is 30.4 Å². The maximum atomic E-state index is 5.90.